The van der Waals surface area contributed by atoms with Crippen LogP contribution >= 0.6 is 0 Å². The van der Waals surface area contributed by atoms with Crippen LogP contribution in [0.2, 0.25) is 0 Å². The molecule has 0 aromatic rings. The average Bonchev–Trinajstić information content (AvgIpc) is 2.05. The van der Waals surface area contributed by atoms with E-state index in [4.69, 9.17) is 0 Å². The largest absolute Gasteiger partial charge is 0.390 e. The van der Waals surface area contributed by atoms with Gasteiger partial charge in [0.2, 0.25) is 0 Å². The minimum atomic E-state index is -0.474. The van der Waals surface area contributed by atoms with E-state index in [9.17, 15) is 5.11 Å². The fraction of sp³-hybridized carbons (Fsp3) is 0.917. The molecule has 0 saturated heterocycles. The lowest BCUT2D eigenvalue weighted by atomic mass is 9.87. The van der Waals surface area contributed by atoms with Gasteiger partial charge in [-0.25, -0.2) is 0 Å². The third-order valence-corrected chi connectivity index (χ3v) is 2.45. The first kappa shape index (κ1) is 13.0. The first-order valence-corrected chi connectivity index (χ1v) is 5.75. The molecular formula is C12H25O. The number of unbranched alkanes of at least 4 members (excludes halogenated alkanes) is 2. The van der Waals surface area contributed by atoms with Gasteiger partial charge in [0.05, 0.1) is 5.60 Å². The summed E-state index contributed by atoms with van der Waals surface area (Å²) in [5, 5.41) is 10.2. The summed E-state index contributed by atoms with van der Waals surface area (Å²) in [6.07, 6.45) is 9.59. The van der Waals surface area contributed by atoms with Crippen LogP contribution in [-0.2, 0) is 0 Å². The summed E-state index contributed by atoms with van der Waals surface area (Å²) in [4.78, 5) is 0. The second-order valence-electron chi connectivity index (χ2n) is 3.95. The van der Waals surface area contributed by atoms with Crippen molar-refractivity contribution < 1.29 is 5.11 Å². The van der Waals surface area contributed by atoms with Gasteiger partial charge in [-0.05, 0) is 25.7 Å². The zero-order valence-corrected chi connectivity index (χ0v) is 9.47. The summed E-state index contributed by atoms with van der Waals surface area (Å²) in [7, 11) is 0. The highest BCUT2D eigenvalue weighted by molar-refractivity contribution is 4.91. The average molecular weight is 185 g/mol. The summed E-state index contributed by atoms with van der Waals surface area (Å²) in [5.74, 6) is 0. The summed E-state index contributed by atoms with van der Waals surface area (Å²) in [6, 6.07) is 0. The lowest BCUT2D eigenvalue weighted by Crippen LogP contribution is -2.28. The number of rotatable bonds is 8. The molecule has 0 unspecified atom stereocenters. The quantitative estimate of drug-likeness (QED) is 0.571. The molecule has 0 amide bonds. The molecular weight excluding hydrogens is 160 g/mol. The highest BCUT2D eigenvalue weighted by Gasteiger charge is 2.23. The van der Waals surface area contributed by atoms with E-state index in [2.05, 4.69) is 27.2 Å². The monoisotopic (exact) mass is 185 g/mol. The molecule has 0 aliphatic heterocycles. The molecule has 1 radical (unpaired) electrons. The van der Waals surface area contributed by atoms with Crippen molar-refractivity contribution in [2.45, 2.75) is 71.3 Å². The predicted octanol–water partition coefficient (Wildman–Crippen LogP) is 3.71. The second-order valence-corrected chi connectivity index (χ2v) is 3.95. The van der Waals surface area contributed by atoms with Crippen LogP contribution in [0.3, 0.4) is 0 Å². The molecule has 0 rings (SSSR count). The highest BCUT2D eigenvalue weighted by atomic mass is 16.3. The normalized spacial score (nSPS) is 12.0. The molecule has 79 valence electrons. The Bertz CT molecular complexity index is 104. The van der Waals surface area contributed by atoms with E-state index in [1.165, 1.54) is 12.8 Å². The minimum absolute atomic E-state index is 0.474. The predicted molar refractivity (Wildman–Crippen MR) is 58.6 cm³/mol. The Labute approximate surface area is 83.5 Å². The number of hydrogen-bond donors (Lipinski definition) is 1. The van der Waals surface area contributed by atoms with E-state index in [0.29, 0.717) is 0 Å². The molecule has 0 aliphatic rings. The van der Waals surface area contributed by atoms with Crippen molar-refractivity contribution in [3.63, 3.8) is 0 Å². The third-order valence-electron chi connectivity index (χ3n) is 2.45. The Morgan fingerprint density at radius 3 is 1.92 bits per heavy atom. The molecule has 0 fully saturated rings. The van der Waals surface area contributed by atoms with E-state index in [-0.39, 0.29) is 0 Å². The van der Waals surface area contributed by atoms with Crippen molar-refractivity contribution in [1.29, 1.82) is 0 Å². The van der Waals surface area contributed by atoms with Crippen molar-refractivity contribution in [3.8, 4) is 0 Å². The molecule has 1 heteroatoms. The van der Waals surface area contributed by atoms with Crippen LogP contribution in [-0.4, -0.2) is 10.7 Å². The van der Waals surface area contributed by atoms with Gasteiger partial charge in [0.15, 0.2) is 0 Å². The second kappa shape index (κ2) is 7.37. The fourth-order valence-electron chi connectivity index (χ4n) is 1.77. The maximum absolute atomic E-state index is 10.2. The highest BCUT2D eigenvalue weighted by Crippen LogP contribution is 2.24. The molecule has 0 saturated carbocycles. The van der Waals surface area contributed by atoms with E-state index >= 15 is 0 Å². The Balaban J connectivity index is 3.76. The zero-order valence-electron chi connectivity index (χ0n) is 9.47. The molecule has 1 N–H and O–H groups in total. The SMILES string of the molecule is CCCC[CH]C(O)(CCC)CCC. The van der Waals surface area contributed by atoms with Gasteiger partial charge >= 0.3 is 0 Å². The van der Waals surface area contributed by atoms with Crippen molar-refractivity contribution in [1.82, 2.24) is 0 Å². The van der Waals surface area contributed by atoms with Crippen LogP contribution in [0, 0.1) is 6.42 Å². The van der Waals surface area contributed by atoms with E-state index in [0.717, 1.165) is 32.1 Å². The Hall–Kier alpha value is -0.0400. The molecule has 0 aromatic heterocycles. The third kappa shape index (κ3) is 6.09. The van der Waals surface area contributed by atoms with Crippen molar-refractivity contribution in [2.75, 3.05) is 0 Å². The van der Waals surface area contributed by atoms with Crippen LogP contribution in [0.25, 0.3) is 0 Å². The fourth-order valence-corrected chi connectivity index (χ4v) is 1.77. The van der Waals surface area contributed by atoms with Gasteiger partial charge in [-0.15, -0.1) is 0 Å². The Kier molecular flexibility index (Phi) is 7.35. The van der Waals surface area contributed by atoms with Gasteiger partial charge in [-0.2, -0.15) is 0 Å². The van der Waals surface area contributed by atoms with Crippen LogP contribution in [0.15, 0.2) is 0 Å². The molecule has 0 spiro atoms. The van der Waals surface area contributed by atoms with Crippen LogP contribution in [0.1, 0.15) is 65.7 Å². The van der Waals surface area contributed by atoms with Gasteiger partial charge in [0.1, 0.15) is 0 Å². The number of aliphatic hydroxyl groups is 1. The van der Waals surface area contributed by atoms with Gasteiger partial charge in [-0.3, -0.25) is 0 Å². The summed E-state index contributed by atoms with van der Waals surface area (Å²) >= 11 is 0. The molecule has 0 heterocycles. The van der Waals surface area contributed by atoms with Gasteiger partial charge in [0.25, 0.3) is 0 Å². The van der Waals surface area contributed by atoms with E-state index < -0.39 is 5.60 Å². The van der Waals surface area contributed by atoms with Crippen LogP contribution < -0.4 is 0 Å². The standard InChI is InChI=1S/C12H25O/c1-4-7-8-11-12(13,9-5-2)10-6-3/h11,13H,4-10H2,1-3H3. The summed E-state index contributed by atoms with van der Waals surface area (Å²) < 4.78 is 0. The molecule has 0 aromatic carbocycles. The van der Waals surface area contributed by atoms with Crippen LogP contribution in [0.5, 0.6) is 0 Å². The maximum Gasteiger partial charge on any atom is 0.0679 e. The van der Waals surface area contributed by atoms with Gasteiger partial charge in [0, 0.05) is 0 Å². The molecule has 0 aliphatic carbocycles. The number of hydrogen-bond acceptors (Lipinski definition) is 1. The molecule has 0 atom stereocenters. The summed E-state index contributed by atoms with van der Waals surface area (Å²) in [5.41, 5.74) is -0.474. The van der Waals surface area contributed by atoms with Crippen molar-refractivity contribution in [3.05, 3.63) is 6.42 Å². The lowest BCUT2D eigenvalue weighted by molar-refractivity contribution is 0.0504. The molecule has 1 nitrogen and oxygen atoms in total. The zero-order chi connectivity index (χ0) is 10.2. The lowest BCUT2D eigenvalue weighted by Gasteiger charge is -2.27. The first-order valence-electron chi connectivity index (χ1n) is 5.75. The maximum atomic E-state index is 10.2. The van der Waals surface area contributed by atoms with Gasteiger partial charge < -0.3 is 5.11 Å². The van der Waals surface area contributed by atoms with Crippen LogP contribution in [0.4, 0.5) is 0 Å². The topological polar surface area (TPSA) is 20.2 Å². The van der Waals surface area contributed by atoms with Gasteiger partial charge in [-0.1, -0.05) is 46.5 Å². The Morgan fingerprint density at radius 2 is 1.54 bits per heavy atom. The molecule has 0 bridgehead atoms. The van der Waals surface area contributed by atoms with Crippen molar-refractivity contribution >= 4 is 0 Å². The smallest absolute Gasteiger partial charge is 0.0679 e. The summed E-state index contributed by atoms with van der Waals surface area (Å²) in [6.45, 7) is 6.45. The van der Waals surface area contributed by atoms with E-state index in [1.54, 1.807) is 0 Å². The van der Waals surface area contributed by atoms with E-state index in [1.807, 2.05) is 0 Å². The minimum Gasteiger partial charge on any atom is -0.390 e. The Morgan fingerprint density at radius 1 is 1.00 bits per heavy atom. The molecule has 13 heavy (non-hydrogen) atoms. The van der Waals surface area contributed by atoms with Crippen molar-refractivity contribution in [2.24, 2.45) is 0 Å². The first-order chi connectivity index (χ1) is 6.18.